The molecule has 0 aliphatic rings. The van der Waals surface area contributed by atoms with Gasteiger partial charge in [0.25, 0.3) is 11.6 Å². The number of nitro benzene ring substituents is 1. The minimum absolute atomic E-state index is 0.0670. The largest absolute Gasteiger partial charge is 0.360 e. The quantitative estimate of drug-likeness (QED) is 0.0501. The van der Waals surface area contributed by atoms with Crippen LogP contribution in [0.25, 0.3) is 16.5 Å². The van der Waals surface area contributed by atoms with Gasteiger partial charge in [-0.15, -0.1) is 0 Å². The van der Waals surface area contributed by atoms with Crippen molar-refractivity contribution in [1.29, 1.82) is 0 Å². The number of benzene rings is 4. The maximum Gasteiger partial charge on any atom is 0.277 e. The van der Waals surface area contributed by atoms with Crippen molar-refractivity contribution in [3.63, 3.8) is 0 Å². The van der Waals surface area contributed by atoms with Gasteiger partial charge in [0.15, 0.2) is 5.78 Å². The summed E-state index contributed by atoms with van der Waals surface area (Å²) in [5, 5.41) is 20.1. The number of hydrogen-bond acceptors (Lipinski definition) is 6. The molecule has 4 aromatic carbocycles. The van der Waals surface area contributed by atoms with Crippen LogP contribution in [0.15, 0.2) is 104 Å². The zero-order valence-corrected chi connectivity index (χ0v) is 26.4. The van der Waals surface area contributed by atoms with Gasteiger partial charge in [-0.3, -0.25) is 19.7 Å². The number of aromatic nitrogens is 2. The molecule has 0 bridgehead atoms. The summed E-state index contributed by atoms with van der Waals surface area (Å²) in [6, 6.07) is 28.3. The first kappa shape index (κ1) is 31.2. The molecule has 0 aliphatic heterocycles. The highest BCUT2D eigenvalue weighted by atomic mass is 28.3. The Bertz CT molecular complexity index is 1910. The van der Waals surface area contributed by atoms with E-state index in [-0.39, 0.29) is 24.1 Å². The summed E-state index contributed by atoms with van der Waals surface area (Å²) in [6.07, 6.45) is 0. The van der Waals surface area contributed by atoms with Crippen LogP contribution in [-0.4, -0.2) is 41.1 Å². The summed E-state index contributed by atoms with van der Waals surface area (Å²) in [6.45, 7) is 11.7. The summed E-state index contributed by atoms with van der Waals surface area (Å²) in [4.78, 5) is 37.7. The molecule has 10 heteroatoms. The molecule has 0 saturated carbocycles. The van der Waals surface area contributed by atoms with E-state index < -0.39 is 13.0 Å². The molecule has 1 heterocycles. The Balaban J connectivity index is 1.48. The fourth-order valence-corrected chi connectivity index (χ4v) is 5.64. The van der Waals surface area contributed by atoms with Crippen molar-refractivity contribution in [3.05, 3.63) is 142 Å². The first-order valence-corrected chi connectivity index (χ1v) is 18.2. The van der Waals surface area contributed by atoms with Gasteiger partial charge in [-0.1, -0.05) is 74.8 Å². The minimum Gasteiger partial charge on any atom is -0.360 e. The maximum atomic E-state index is 13.7. The number of nitrogens with zero attached hydrogens (tertiary/aromatic N) is 3. The first-order chi connectivity index (χ1) is 21.5. The Hall–Kier alpha value is -5.19. The summed E-state index contributed by atoms with van der Waals surface area (Å²) in [5.41, 5.74) is 3.63. The van der Waals surface area contributed by atoms with Crippen LogP contribution in [0.3, 0.4) is 0 Å². The summed E-state index contributed by atoms with van der Waals surface area (Å²) < 4.78 is 7.68. The predicted octanol–water partition coefficient (Wildman–Crippen LogP) is 7.80. The molecule has 228 valence electrons. The number of ether oxygens (including phenoxy) is 1. The molecule has 1 amide bonds. The molecular weight excluding hydrogens is 584 g/mol. The molecular formula is C35H34N4O5Si. The number of ketones is 1. The van der Waals surface area contributed by atoms with Gasteiger partial charge in [0.1, 0.15) is 12.4 Å². The number of nitro groups is 1. The van der Waals surface area contributed by atoms with Crippen molar-refractivity contribution in [2.24, 2.45) is 0 Å². The molecule has 1 N–H and O–H groups in total. The van der Waals surface area contributed by atoms with Crippen LogP contribution >= 0.6 is 0 Å². The van der Waals surface area contributed by atoms with Gasteiger partial charge in [-0.05, 0) is 48.5 Å². The molecule has 45 heavy (non-hydrogen) atoms. The second-order valence-corrected chi connectivity index (χ2v) is 17.5. The highest BCUT2D eigenvalue weighted by molar-refractivity contribution is 6.76. The zero-order valence-electron chi connectivity index (χ0n) is 25.4. The number of nitrogens with one attached hydrogen (secondary N) is 1. The minimum atomic E-state index is -1.32. The number of fused-ring (bicyclic) bond motifs is 1. The normalized spacial score (nSPS) is 11.4. The van der Waals surface area contributed by atoms with E-state index in [0.29, 0.717) is 56.7 Å². The number of anilines is 1. The van der Waals surface area contributed by atoms with Gasteiger partial charge in [0.05, 0.1) is 16.0 Å². The van der Waals surface area contributed by atoms with Gasteiger partial charge in [0, 0.05) is 54.1 Å². The summed E-state index contributed by atoms with van der Waals surface area (Å²) >= 11 is 0. The Morgan fingerprint density at radius 2 is 1.60 bits per heavy atom. The first-order valence-electron chi connectivity index (χ1n) is 14.5. The lowest BCUT2D eigenvalue weighted by Crippen LogP contribution is -2.22. The Kier molecular flexibility index (Phi) is 9.17. The Morgan fingerprint density at radius 3 is 2.33 bits per heavy atom. The lowest BCUT2D eigenvalue weighted by Gasteiger charge is -2.15. The third-order valence-corrected chi connectivity index (χ3v) is 9.06. The topological polar surface area (TPSA) is 116 Å². The van der Waals surface area contributed by atoms with E-state index >= 15 is 0 Å². The molecule has 0 aliphatic carbocycles. The van der Waals surface area contributed by atoms with Crippen molar-refractivity contribution >= 4 is 47.6 Å². The maximum absolute atomic E-state index is 13.7. The SMILES string of the molecule is C=C(c1ccccc1[N+](=O)[O-])c1nn(COCC[Si](C)(C)C)c2cc(C(=O)c3cccc(NC(=O)c4ccccc4)c3)ccc12. The van der Waals surface area contributed by atoms with Gasteiger partial charge < -0.3 is 10.1 Å². The molecule has 0 spiro atoms. The predicted molar refractivity (Wildman–Crippen MR) is 179 cm³/mol. The molecule has 0 radical (unpaired) electrons. The Morgan fingerprint density at radius 1 is 0.911 bits per heavy atom. The number of carbonyl (C=O) groups is 2. The van der Waals surface area contributed by atoms with E-state index in [0.717, 1.165) is 6.04 Å². The molecule has 0 unspecified atom stereocenters. The lowest BCUT2D eigenvalue weighted by atomic mass is 9.98. The van der Waals surface area contributed by atoms with Crippen LogP contribution in [0.2, 0.25) is 25.7 Å². The molecule has 5 rings (SSSR count). The van der Waals surface area contributed by atoms with Crippen molar-refractivity contribution in [2.45, 2.75) is 32.4 Å². The molecule has 0 saturated heterocycles. The summed E-state index contributed by atoms with van der Waals surface area (Å²) in [5.74, 6) is -0.509. The second kappa shape index (κ2) is 13.2. The molecule has 5 aromatic rings. The van der Waals surface area contributed by atoms with E-state index in [4.69, 9.17) is 9.84 Å². The molecule has 9 nitrogen and oxygen atoms in total. The van der Waals surface area contributed by atoms with E-state index in [1.165, 1.54) is 6.07 Å². The molecule has 1 aromatic heterocycles. The number of hydrogen-bond donors (Lipinski definition) is 1. The monoisotopic (exact) mass is 618 g/mol. The smallest absolute Gasteiger partial charge is 0.277 e. The third kappa shape index (κ3) is 7.31. The average Bonchev–Trinajstić information content (AvgIpc) is 3.40. The second-order valence-electron chi connectivity index (χ2n) is 11.9. The van der Waals surface area contributed by atoms with Crippen LogP contribution in [0.4, 0.5) is 11.4 Å². The van der Waals surface area contributed by atoms with Crippen LogP contribution in [0.1, 0.15) is 37.5 Å². The van der Waals surface area contributed by atoms with Gasteiger partial charge in [-0.2, -0.15) is 5.10 Å². The third-order valence-electron chi connectivity index (χ3n) is 7.35. The molecule has 0 atom stereocenters. The van der Waals surface area contributed by atoms with E-state index in [9.17, 15) is 19.7 Å². The standard InChI is InChI=1S/C35H34N4O5Si/c1-24(29-15-8-9-16-31(29)39(42)43)33-30-18-17-27(22-32(30)38(37-33)23-44-19-20-45(2,3)4)34(40)26-13-10-14-28(21-26)36-35(41)25-11-6-5-7-12-25/h5-18,21-22H,1,19-20,23H2,2-4H3,(H,36,41). The summed E-state index contributed by atoms with van der Waals surface area (Å²) in [7, 11) is -1.32. The lowest BCUT2D eigenvalue weighted by molar-refractivity contribution is -0.385. The van der Waals surface area contributed by atoms with Crippen LogP contribution in [-0.2, 0) is 11.5 Å². The van der Waals surface area contributed by atoms with Crippen molar-refractivity contribution < 1.29 is 19.2 Å². The van der Waals surface area contributed by atoms with E-state index in [1.54, 1.807) is 89.6 Å². The van der Waals surface area contributed by atoms with Crippen molar-refractivity contribution in [1.82, 2.24) is 9.78 Å². The van der Waals surface area contributed by atoms with Gasteiger partial charge >= 0.3 is 0 Å². The van der Waals surface area contributed by atoms with Crippen LogP contribution in [0.5, 0.6) is 0 Å². The van der Waals surface area contributed by atoms with Crippen molar-refractivity contribution in [3.8, 4) is 0 Å². The number of carbonyl (C=O) groups excluding carboxylic acids is 2. The van der Waals surface area contributed by atoms with Gasteiger partial charge in [-0.25, -0.2) is 4.68 Å². The molecule has 0 fully saturated rings. The zero-order chi connectivity index (χ0) is 32.1. The number of amides is 1. The average molecular weight is 619 g/mol. The fourth-order valence-electron chi connectivity index (χ4n) is 4.88. The van der Waals surface area contributed by atoms with Crippen molar-refractivity contribution in [2.75, 3.05) is 11.9 Å². The van der Waals surface area contributed by atoms with E-state index in [1.807, 2.05) is 6.07 Å². The Labute approximate surface area is 262 Å². The van der Waals surface area contributed by atoms with Crippen LogP contribution in [0, 0.1) is 10.1 Å². The fraction of sp³-hybridized carbons (Fsp3) is 0.171. The highest BCUT2D eigenvalue weighted by Crippen LogP contribution is 2.34. The van der Waals surface area contributed by atoms with Crippen LogP contribution < -0.4 is 5.32 Å². The number of rotatable bonds is 12. The van der Waals surface area contributed by atoms with E-state index in [2.05, 4.69) is 31.5 Å². The number of para-hydroxylation sites is 1. The highest BCUT2D eigenvalue weighted by Gasteiger charge is 2.22. The van der Waals surface area contributed by atoms with Gasteiger partial charge in [0.2, 0.25) is 0 Å².